The van der Waals surface area contributed by atoms with Crippen LogP contribution in [0.3, 0.4) is 0 Å². The second-order valence-electron chi connectivity index (χ2n) is 5.71. The molecule has 0 heteroatoms. The summed E-state index contributed by atoms with van der Waals surface area (Å²) in [5.41, 5.74) is 4.27. The van der Waals surface area contributed by atoms with Gasteiger partial charge in [0, 0.05) is 5.41 Å². The lowest BCUT2D eigenvalue weighted by Gasteiger charge is -2.38. The SMILES string of the molecule is [CH2]c1ccc(C2(c3ccccc3)CCCCC2)cc1. The standard InChI is InChI=1S/C19H21/c1-16-10-12-18(13-11-16)19(14-6-3-7-15-19)17-8-4-2-5-9-17/h2,4-5,8-13H,1,3,6-7,14-15H2. The molecule has 1 aliphatic rings. The van der Waals surface area contributed by atoms with Crippen LogP contribution in [0.1, 0.15) is 48.8 Å². The molecular formula is C19H21. The van der Waals surface area contributed by atoms with Crippen molar-refractivity contribution in [3.05, 3.63) is 78.2 Å². The zero-order chi connectivity index (χ0) is 13.1. The van der Waals surface area contributed by atoms with Crippen molar-refractivity contribution in [3.63, 3.8) is 0 Å². The van der Waals surface area contributed by atoms with Gasteiger partial charge < -0.3 is 0 Å². The van der Waals surface area contributed by atoms with Gasteiger partial charge in [-0.05, 0) is 36.5 Å². The molecular weight excluding hydrogens is 228 g/mol. The Morgan fingerprint density at radius 2 is 1.26 bits per heavy atom. The summed E-state index contributed by atoms with van der Waals surface area (Å²) in [6, 6.07) is 19.9. The predicted octanol–water partition coefficient (Wildman–Crippen LogP) is 5.12. The first kappa shape index (κ1) is 12.5. The third-order valence-electron chi connectivity index (χ3n) is 4.54. The molecule has 1 saturated carbocycles. The maximum Gasteiger partial charge on any atom is 0.0202 e. The smallest absolute Gasteiger partial charge is 0.0202 e. The second-order valence-corrected chi connectivity index (χ2v) is 5.71. The third kappa shape index (κ3) is 2.32. The Balaban J connectivity index is 2.09. The molecule has 0 bridgehead atoms. The molecule has 19 heavy (non-hydrogen) atoms. The molecule has 1 fully saturated rings. The first-order valence-corrected chi connectivity index (χ1v) is 7.29. The minimum atomic E-state index is 0.229. The van der Waals surface area contributed by atoms with Gasteiger partial charge in [-0.3, -0.25) is 0 Å². The van der Waals surface area contributed by atoms with Crippen LogP contribution in [-0.2, 0) is 5.41 Å². The summed E-state index contributed by atoms with van der Waals surface area (Å²) in [6.45, 7) is 4.00. The van der Waals surface area contributed by atoms with E-state index in [2.05, 4.69) is 61.5 Å². The van der Waals surface area contributed by atoms with Crippen LogP contribution in [0, 0.1) is 6.92 Å². The van der Waals surface area contributed by atoms with Crippen LogP contribution in [0.25, 0.3) is 0 Å². The van der Waals surface area contributed by atoms with Gasteiger partial charge in [0.15, 0.2) is 0 Å². The molecule has 2 aromatic carbocycles. The van der Waals surface area contributed by atoms with Crippen LogP contribution in [-0.4, -0.2) is 0 Å². The molecule has 1 radical (unpaired) electrons. The molecule has 1 aliphatic carbocycles. The Morgan fingerprint density at radius 3 is 1.89 bits per heavy atom. The fourth-order valence-corrected chi connectivity index (χ4v) is 3.48. The Hall–Kier alpha value is -1.56. The lowest BCUT2D eigenvalue weighted by molar-refractivity contribution is 0.346. The van der Waals surface area contributed by atoms with Crippen LogP contribution in [0.5, 0.6) is 0 Å². The highest BCUT2D eigenvalue weighted by Crippen LogP contribution is 2.44. The predicted molar refractivity (Wildman–Crippen MR) is 81.2 cm³/mol. The molecule has 0 heterocycles. The van der Waals surface area contributed by atoms with E-state index in [-0.39, 0.29) is 5.41 Å². The van der Waals surface area contributed by atoms with Gasteiger partial charge in [-0.25, -0.2) is 0 Å². The molecule has 0 amide bonds. The largest absolute Gasteiger partial charge is 0.0622 e. The number of hydrogen-bond donors (Lipinski definition) is 0. The van der Waals surface area contributed by atoms with Gasteiger partial charge in [0.1, 0.15) is 0 Å². The number of benzene rings is 2. The summed E-state index contributed by atoms with van der Waals surface area (Å²) in [5.74, 6) is 0. The van der Waals surface area contributed by atoms with E-state index in [0.717, 1.165) is 5.56 Å². The number of hydrogen-bond acceptors (Lipinski definition) is 0. The van der Waals surface area contributed by atoms with Crippen LogP contribution in [0.15, 0.2) is 54.6 Å². The molecule has 0 aliphatic heterocycles. The lowest BCUT2D eigenvalue weighted by Crippen LogP contribution is -2.30. The van der Waals surface area contributed by atoms with Gasteiger partial charge in [0.2, 0.25) is 0 Å². The molecule has 0 saturated heterocycles. The normalized spacial score (nSPS) is 18.2. The van der Waals surface area contributed by atoms with E-state index in [1.54, 1.807) is 0 Å². The molecule has 3 rings (SSSR count). The van der Waals surface area contributed by atoms with E-state index in [1.807, 2.05) is 0 Å². The molecule has 0 spiro atoms. The Kier molecular flexibility index (Phi) is 3.42. The third-order valence-corrected chi connectivity index (χ3v) is 4.54. The highest BCUT2D eigenvalue weighted by molar-refractivity contribution is 5.41. The van der Waals surface area contributed by atoms with Crippen molar-refractivity contribution in [1.82, 2.24) is 0 Å². The fraction of sp³-hybridized carbons (Fsp3) is 0.316. The molecule has 0 N–H and O–H groups in total. The van der Waals surface area contributed by atoms with Crippen molar-refractivity contribution in [2.24, 2.45) is 0 Å². The maximum absolute atomic E-state index is 4.00. The molecule has 0 nitrogen and oxygen atoms in total. The summed E-state index contributed by atoms with van der Waals surface area (Å²) in [6.07, 6.45) is 6.59. The summed E-state index contributed by atoms with van der Waals surface area (Å²) in [4.78, 5) is 0. The van der Waals surface area contributed by atoms with Gasteiger partial charge in [0.25, 0.3) is 0 Å². The first-order chi connectivity index (χ1) is 9.31. The highest BCUT2D eigenvalue weighted by atomic mass is 14.4. The van der Waals surface area contributed by atoms with E-state index in [0.29, 0.717) is 0 Å². The Bertz CT molecular complexity index is 516. The van der Waals surface area contributed by atoms with E-state index in [1.165, 1.54) is 43.2 Å². The van der Waals surface area contributed by atoms with Crippen molar-refractivity contribution in [2.75, 3.05) is 0 Å². The van der Waals surface area contributed by atoms with Crippen molar-refractivity contribution in [3.8, 4) is 0 Å². The van der Waals surface area contributed by atoms with Gasteiger partial charge in [-0.2, -0.15) is 0 Å². The van der Waals surface area contributed by atoms with Gasteiger partial charge >= 0.3 is 0 Å². The minimum absolute atomic E-state index is 0.229. The quantitative estimate of drug-likeness (QED) is 0.693. The van der Waals surface area contributed by atoms with Crippen LogP contribution < -0.4 is 0 Å². The van der Waals surface area contributed by atoms with Crippen molar-refractivity contribution in [1.29, 1.82) is 0 Å². The lowest BCUT2D eigenvalue weighted by atomic mass is 9.65. The summed E-state index contributed by atoms with van der Waals surface area (Å²) < 4.78 is 0. The zero-order valence-corrected chi connectivity index (χ0v) is 11.4. The van der Waals surface area contributed by atoms with Gasteiger partial charge in [-0.1, -0.05) is 73.9 Å². The van der Waals surface area contributed by atoms with Crippen molar-refractivity contribution < 1.29 is 0 Å². The molecule has 2 aromatic rings. The average molecular weight is 249 g/mol. The van der Waals surface area contributed by atoms with E-state index in [9.17, 15) is 0 Å². The Labute approximate surface area is 116 Å². The van der Waals surface area contributed by atoms with E-state index in [4.69, 9.17) is 0 Å². The minimum Gasteiger partial charge on any atom is -0.0622 e. The fourth-order valence-electron chi connectivity index (χ4n) is 3.48. The highest BCUT2D eigenvalue weighted by Gasteiger charge is 2.35. The van der Waals surface area contributed by atoms with Gasteiger partial charge in [-0.15, -0.1) is 0 Å². The first-order valence-electron chi connectivity index (χ1n) is 7.29. The zero-order valence-electron chi connectivity index (χ0n) is 11.4. The van der Waals surface area contributed by atoms with Crippen LogP contribution >= 0.6 is 0 Å². The maximum atomic E-state index is 4.00. The molecule has 97 valence electrons. The van der Waals surface area contributed by atoms with E-state index >= 15 is 0 Å². The molecule has 0 aromatic heterocycles. The van der Waals surface area contributed by atoms with Gasteiger partial charge in [0.05, 0.1) is 0 Å². The summed E-state index contributed by atoms with van der Waals surface area (Å²) >= 11 is 0. The van der Waals surface area contributed by atoms with Crippen LogP contribution in [0.4, 0.5) is 0 Å². The van der Waals surface area contributed by atoms with Crippen molar-refractivity contribution >= 4 is 0 Å². The number of rotatable bonds is 2. The Morgan fingerprint density at radius 1 is 0.684 bits per heavy atom. The average Bonchev–Trinajstić information content (AvgIpc) is 2.49. The molecule has 0 unspecified atom stereocenters. The molecule has 0 atom stereocenters. The monoisotopic (exact) mass is 249 g/mol. The summed E-state index contributed by atoms with van der Waals surface area (Å²) in [7, 11) is 0. The van der Waals surface area contributed by atoms with Crippen molar-refractivity contribution in [2.45, 2.75) is 37.5 Å². The van der Waals surface area contributed by atoms with Crippen LogP contribution in [0.2, 0.25) is 0 Å². The topological polar surface area (TPSA) is 0 Å². The van der Waals surface area contributed by atoms with E-state index < -0.39 is 0 Å². The second kappa shape index (κ2) is 5.21. The summed E-state index contributed by atoms with van der Waals surface area (Å²) in [5, 5.41) is 0.